The van der Waals surface area contributed by atoms with Gasteiger partial charge in [-0.2, -0.15) is 0 Å². The number of fused-ring (bicyclic) bond motifs is 1. The fraction of sp³-hybridized carbons (Fsp3) is 0.167. The molecule has 0 N–H and O–H groups in total. The Hall–Kier alpha value is -2.05. The van der Waals surface area contributed by atoms with E-state index in [0.29, 0.717) is 5.82 Å². The van der Waals surface area contributed by atoms with Crippen LogP contribution in [0.1, 0.15) is 4.79 Å². The molecule has 2 rings (SSSR count). The third-order valence-corrected chi connectivity index (χ3v) is 1.65. The highest BCUT2D eigenvalue weighted by molar-refractivity contribution is 5.86. The van der Waals surface area contributed by atoms with E-state index in [1.165, 1.54) is 6.20 Å². The summed E-state index contributed by atoms with van der Waals surface area (Å²) in [5, 5.41) is 17.1. The smallest absolute Gasteiger partial charge is 0.263 e. The summed E-state index contributed by atoms with van der Waals surface area (Å²) in [5.41, 5.74) is 0. The van der Waals surface area contributed by atoms with E-state index in [-0.39, 0.29) is 0 Å². The molecule has 0 bridgehead atoms. The number of nitro groups is 1. The molecule has 1 aromatic rings. The van der Waals surface area contributed by atoms with Crippen LogP contribution in [0.5, 0.6) is 0 Å². The Labute approximate surface area is 71.8 Å². The minimum atomic E-state index is -1.60. The summed E-state index contributed by atoms with van der Waals surface area (Å²) in [4.78, 5) is 20.8. The van der Waals surface area contributed by atoms with E-state index < -0.39 is 17.0 Å². The topological polar surface area (TPSA) is 89.9 Å². The maximum Gasteiger partial charge on any atom is 0.399 e. The van der Waals surface area contributed by atoms with E-state index in [1.807, 2.05) is 0 Å². The van der Waals surface area contributed by atoms with Gasteiger partial charge in [0.15, 0.2) is 5.82 Å². The van der Waals surface area contributed by atoms with Crippen molar-refractivity contribution in [1.82, 2.24) is 4.57 Å². The lowest BCUT2D eigenvalue weighted by Crippen LogP contribution is -2.33. The van der Waals surface area contributed by atoms with E-state index in [2.05, 4.69) is 10.2 Å². The van der Waals surface area contributed by atoms with Crippen LogP contribution < -0.4 is 0 Å². The molecule has 2 heterocycles. The van der Waals surface area contributed by atoms with Gasteiger partial charge in [-0.25, -0.2) is 0 Å². The summed E-state index contributed by atoms with van der Waals surface area (Å²) in [6.07, 6.45) is -0.174. The molecule has 1 atom stereocenters. The molecule has 1 aliphatic rings. The van der Waals surface area contributed by atoms with Crippen molar-refractivity contribution in [3.8, 4) is 0 Å². The molecule has 66 valence electrons. The average molecular weight is 180 g/mol. The molecular weight excluding hydrogens is 176 g/mol. The van der Waals surface area contributed by atoms with Gasteiger partial charge >= 0.3 is 12.1 Å². The molecule has 7 nitrogen and oxygen atoms in total. The molecule has 1 unspecified atom stereocenters. The zero-order valence-corrected chi connectivity index (χ0v) is 6.32. The van der Waals surface area contributed by atoms with Gasteiger partial charge in [0.05, 0.1) is 4.92 Å². The first-order valence-electron chi connectivity index (χ1n) is 3.46. The van der Waals surface area contributed by atoms with Crippen molar-refractivity contribution in [2.75, 3.05) is 0 Å². The third kappa shape index (κ3) is 1.01. The van der Waals surface area contributed by atoms with Crippen LogP contribution in [0.25, 0.3) is 0 Å². The van der Waals surface area contributed by atoms with Gasteiger partial charge in [-0.15, -0.1) is 5.11 Å². The van der Waals surface area contributed by atoms with Gasteiger partial charge in [0.1, 0.15) is 0 Å². The normalized spacial score (nSPS) is 20.0. The molecule has 0 fully saturated rings. The van der Waals surface area contributed by atoms with Crippen molar-refractivity contribution in [3.63, 3.8) is 0 Å². The number of nitrogens with zero attached hydrogens (tertiary/aromatic N) is 4. The molecule has 0 saturated heterocycles. The number of hydrogen-bond donors (Lipinski definition) is 0. The molecule has 7 heteroatoms. The second-order valence-corrected chi connectivity index (χ2v) is 2.45. The highest BCUT2D eigenvalue weighted by Gasteiger charge is 2.34. The van der Waals surface area contributed by atoms with Crippen LogP contribution in [0.4, 0.5) is 5.82 Å². The molecule has 1 aromatic heterocycles. The van der Waals surface area contributed by atoms with Gasteiger partial charge in [-0.1, -0.05) is 5.11 Å². The molecule has 1 aliphatic heterocycles. The van der Waals surface area contributed by atoms with E-state index in [9.17, 15) is 14.9 Å². The summed E-state index contributed by atoms with van der Waals surface area (Å²) in [6, 6.07) is 3.13. The minimum Gasteiger partial charge on any atom is -0.263 e. The molecule has 13 heavy (non-hydrogen) atoms. The van der Waals surface area contributed by atoms with Crippen LogP contribution in [0.15, 0.2) is 28.6 Å². The van der Waals surface area contributed by atoms with Gasteiger partial charge in [0.25, 0.3) is 0 Å². The zero-order valence-electron chi connectivity index (χ0n) is 6.32. The monoisotopic (exact) mass is 180 g/mol. The second-order valence-electron chi connectivity index (χ2n) is 2.45. The van der Waals surface area contributed by atoms with Crippen LogP contribution in [-0.4, -0.2) is 21.6 Å². The van der Waals surface area contributed by atoms with Gasteiger partial charge in [0, 0.05) is 6.20 Å². The van der Waals surface area contributed by atoms with Crippen LogP contribution in [-0.2, 0) is 0 Å². The van der Waals surface area contributed by atoms with Crippen LogP contribution in [0, 0.1) is 10.1 Å². The van der Waals surface area contributed by atoms with Crippen molar-refractivity contribution in [2.45, 2.75) is 6.17 Å². The molecule has 0 radical (unpaired) electrons. The van der Waals surface area contributed by atoms with Crippen molar-refractivity contribution in [3.05, 3.63) is 28.4 Å². The standard InChI is InChI=1S/C6H4N4O3/c11-6-5(10(12)13)8-7-4-2-1-3-9(4)6/h1-3,5H. The largest absolute Gasteiger partial charge is 0.399 e. The fourth-order valence-electron chi connectivity index (χ4n) is 1.06. The predicted molar refractivity (Wildman–Crippen MR) is 40.4 cm³/mol. The van der Waals surface area contributed by atoms with Crippen molar-refractivity contribution in [1.29, 1.82) is 0 Å². The summed E-state index contributed by atoms with van der Waals surface area (Å²) in [5.74, 6) is -0.358. The van der Waals surface area contributed by atoms with Crippen LogP contribution >= 0.6 is 0 Å². The molecule has 0 saturated carbocycles. The molecule has 0 amide bonds. The van der Waals surface area contributed by atoms with Gasteiger partial charge in [0.2, 0.25) is 0 Å². The van der Waals surface area contributed by atoms with E-state index >= 15 is 0 Å². The van der Waals surface area contributed by atoms with Crippen molar-refractivity contribution < 1.29 is 9.72 Å². The van der Waals surface area contributed by atoms with Crippen LogP contribution in [0.2, 0.25) is 0 Å². The van der Waals surface area contributed by atoms with Gasteiger partial charge in [-0.05, 0) is 12.1 Å². The number of carbonyl (C=O) groups is 1. The highest BCUT2D eigenvalue weighted by atomic mass is 16.6. The number of rotatable bonds is 1. The third-order valence-electron chi connectivity index (χ3n) is 1.65. The van der Waals surface area contributed by atoms with E-state index in [4.69, 9.17) is 0 Å². The fourth-order valence-corrected chi connectivity index (χ4v) is 1.06. The first-order chi connectivity index (χ1) is 6.20. The molecule has 0 aromatic carbocycles. The SMILES string of the molecule is O=C1C([N+](=O)[O-])N=Nc2cccn21. The zero-order chi connectivity index (χ0) is 9.42. The molecule has 0 aliphatic carbocycles. The van der Waals surface area contributed by atoms with Crippen molar-refractivity contribution in [2.24, 2.45) is 10.2 Å². The highest BCUT2D eigenvalue weighted by Crippen LogP contribution is 2.20. The Kier molecular flexibility index (Phi) is 1.44. The second kappa shape index (κ2) is 2.47. The lowest BCUT2D eigenvalue weighted by Gasteiger charge is -2.09. The number of hydrogen-bond acceptors (Lipinski definition) is 5. The number of carbonyl (C=O) groups excluding carboxylic acids is 1. The first kappa shape index (κ1) is 7.59. The Morgan fingerprint density at radius 3 is 3.08 bits per heavy atom. The summed E-state index contributed by atoms with van der Waals surface area (Å²) in [7, 11) is 0. The summed E-state index contributed by atoms with van der Waals surface area (Å²) < 4.78 is 1.11. The summed E-state index contributed by atoms with van der Waals surface area (Å²) in [6.45, 7) is 0. The Morgan fingerprint density at radius 1 is 1.62 bits per heavy atom. The Bertz CT molecular complexity index is 408. The quantitative estimate of drug-likeness (QED) is 0.473. The minimum absolute atomic E-state index is 0.322. The lowest BCUT2D eigenvalue weighted by molar-refractivity contribution is -0.505. The van der Waals surface area contributed by atoms with Gasteiger partial charge < -0.3 is 0 Å². The predicted octanol–water partition coefficient (Wildman–Crippen LogP) is 0.828. The Balaban J connectivity index is 2.47. The Morgan fingerprint density at radius 2 is 2.38 bits per heavy atom. The molecular formula is C6H4N4O3. The number of azo groups is 1. The van der Waals surface area contributed by atoms with Gasteiger partial charge in [-0.3, -0.25) is 19.5 Å². The maximum absolute atomic E-state index is 11.3. The molecule has 0 spiro atoms. The first-order valence-corrected chi connectivity index (χ1v) is 3.46. The maximum atomic E-state index is 11.3. The summed E-state index contributed by atoms with van der Waals surface area (Å²) >= 11 is 0. The van der Waals surface area contributed by atoms with E-state index in [1.54, 1.807) is 12.1 Å². The lowest BCUT2D eigenvalue weighted by atomic mass is 10.4. The van der Waals surface area contributed by atoms with E-state index in [0.717, 1.165) is 4.57 Å². The van der Waals surface area contributed by atoms with Crippen molar-refractivity contribution >= 4 is 11.7 Å². The van der Waals surface area contributed by atoms with Crippen LogP contribution in [0.3, 0.4) is 0 Å². The number of aromatic nitrogens is 1. The average Bonchev–Trinajstić information content (AvgIpc) is 2.52.